The second kappa shape index (κ2) is 34.8. The Hall–Kier alpha value is -1.24. The van der Waals surface area contributed by atoms with Gasteiger partial charge < -0.3 is 14.2 Å². The Labute approximate surface area is 314 Å². The number of hydrogen-bond donors (Lipinski definition) is 0. The monoisotopic (exact) mass is 727 g/mol. The quantitative estimate of drug-likeness (QED) is 0.0361. The average molecular weight is 727 g/mol. The Bertz CT molecular complexity index is 795. The van der Waals surface area contributed by atoms with Crippen LogP contribution in [0.25, 0.3) is 0 Å². The summed E-state index contributed by atoms with van der Waals surface area (Å²) in [5, 5.41) is 0. The van der Waals surface area contributed by atoms with E-state index in [-0.39, 0.29) is 30.4 Å². The predicted octanol–water partition coefficient (Wildman–Crippen LogP) is 13.1. The maximum atomic E-state index is 12.7. The topological polar surface area (TPSA) is 78.9 Å². The molecule has 0 fully saturated rings. The van der Waals surface area contributed by atoms with Gasteiger partial charge in [0.15, 0.2) is 0 Å². The molecule has 296 valence electrons. The molecule has 0 N–H and O–H groups in total. The van der Waals surface area contributed by atoms with E-state index >= 15 is 0 Å². The molecule has 50 heavy (non-hydrogen) atoms. The van der Waals surface area contributed by atoms with Crippen molar-refractivity contribution in [1.82, 2.24) is 0 Å². The van der Waals surface area contributed by atoms with Gasteiger partial charge in [-0.15, -0.1) is 0 Å². The van der Waals surface area contributed by atoms with Gasteiger partial charge in [0.25, 0.3) is 0 Å². The molecule has 0 aliphatic carbocycles. The normalized spacial score (nSPS) is 12.8. The zero-order valence-electron chi connectivity index (χ0n) is 33.9. The van der Waals surface area contributed by atoms with Crippen molar-refractivity contribution in [3.8, 4) is 0 Å². The summed E-state index contributed by atoms with van der Waals surface area (Å²) in [7, 11) is 0. The van der Waals surface area contributed by atoms with E-state index in [1.165, 1.54) is 140 Å². The van der Waals surface area contributed by atoms with Crippen molar-refractivity contribution in [2.75, 3.05) is 18.1 Å². The molecule has 6 nitrogen and oxygen atoms in total. The standard InChI is InChI=1S/C43H82O6S/c1-7-9-11-13-15-17-19-21-23-25-27-29-31-33-40(44)47-35-39(37-50-36-38(3)42(46)49-43(4,5)6)48-41(45)34-32-30-28-26-24-22-20-18-16-14-12-10-8-2/h38-39H,7-37H2,1-6H3. The Morgan fingerprint density at radius 2 is 0.880 bits per heavy atom. The van der Waals surface area contributed by atoms with E-state index < -0.39 is 11.7 Å². The van der Waals surface area contributed by atoms with Crippen molar-refractivity contribution in [2.45, 2.75) is 233 Å². The van der Waals surface area contributed by atoms with Crippen LogP contribution in [0.3, 0.4) is 0 Å². The van der Waals surface area contributed by atoms with Crippen molar-refractivity contribution < 1.29 is 28.6 Å². The number of unbranched alkanes of at least 4 members (excludes halogenated alkanes) is 24. The molecule has 0 aromatic carbocycles. The highest BCUT2D eigenvalue weighted by Crippen LogP contribution is 2.19. The molecule has 0 aromatic rings. The molecule has 0 spiro atoms. The van der Waals surface area contributed by atoms with Gasteiger partial charge in [-0.1, -0.05) is 175 Å². The third kappa shape index (κ3) is 35.2. The van der Waals surface area contributed by atoms with E-state index in [1.54, 1.807) is 0 Å². The largest absolute Gasteiger partial charge is 0.462 e. The van der Waals surface area contributed by atoms with E-state index in [0.29, 0.717) is 24.3 Å². The molecule has 0 bridgehead atoms. The van der Waals surface area contributed by atoms with Gasteiger partial charge in [-0.25, -0.2) is 0 Å². The summed E-state index contributed by atoms with van der Waals surface area (Å²) >= 11 is 1.53. The van der Waals surface area contributed by atoms with E-state index in [1.807, 2.05) is 27.7 Å². The van der Waals surface area contributed by atoms with E-state index in [0.717, 1.165) is 38.5 Å². The number of ether oxygens (including phenoxy) is 3. The summed E-state index contributed by atoms with van der Waals surface area (Å²) in [6, 6.07) is 0. The first kappa shape index (κ1) is 48.8. The number of hydrogen-bond acceptors (Lipinski definition) is 7. The summed E-state index contributed by atoms with van der Waals surface area (Å²) in [5.74, 6) is 0.0619. The molecule has 0 saturated carbocycles. The third-order valence-corrected chi connectivity index (χ3v) is 10.5. The summed E-state index contributed by atoms with van der Waals surface area (Å²) in [4.78, 5) is 37.6. The first-order valence-corrected chi connectivity index (χ1v) is 22.4. The van der Waals surface area contributed by atoms with Crippen molar-refractivity contribution in [1.29, 1.82) is 0 Å². The Kier molecular flexibility index (Phi) is 34.0. The number of esters is 3. The first-order chi connectivity index (χ1) is 24.1. The molecule has 0 heterocycles. The summed E-state index contributed by atoms with van der Waals surface area (Å²) in [6.07, 6.45) is 33.1. The SMILES string of the molecule is CCCCCCCCCCCCCCCC(=O)OCC(CSCC(C)C(=O)OC(C)(C)C)OC(=O)CCCCCCCCCCCCCCC. The van der Waals surface area contributed by atoms with Crippen LogP contribution in [0.1, 0.15) is 221 Å². The molecule has 0 rings (SSSR count). The van der Waals surface area contributed by atoms with Gasteiger partial charge in [-0.2, -0.15) is 11.8 Å². The van der Waals surface area contributed by atoms with Crippen LogP contribution < -0.4 is 0 Å². The molecular formula is C43H82O6S. The molecule has 0 radical (unpaired) electrons. The van der Waals surface area contributed by atoms with Crippen LogP contribution in [-0.2, 0) is 28.6 Å². The second-order valence-corrected chi connectivity index (χ2v) is 16.8. The number of carbonyl (C=O) groups excluding carboxylic acids is 3. The summed E-state index contributed by atoms with van der Waals surface area (Å²) < 4.78 is 16.9. The highest BCUT2D eigenvalue weighted by molar-refractivity contribution is 7.99. The molecule has 0 aromatic heterocycles. The maximum absolute atomic E-state index is 12.7. The summed E-state index contributed by atoms with van der Waals surface area (Å²) in [5.41, 5.74) is -0.525. The van der Waals surface area contributed by atoms with Gasteiger partial charge in [0.2, 0.25) is 0 Å². The molecule has 2 atom stereocenters. The molecule has 0 saturated heterocycles. The van der Waals surface area contributed by atoms with Gasteiger partial charge in [0, 0.05) is 24.3 Å². The Morgan fingerprint density at radius 3 is 1.26 bits per heavy atom. The van der Waals surface area contributed by atoms with Crippen LogP contribution in [0, 0.1) is 5.92 Å². The molecule has 0 aliphatic heterocycles. The fourth-order valence-electron chi connectivity index (χ4n) is 6.04. The minimum absolute atomic E-state index is 0.0649. The van der Waals surface area contributed by atoms with Gasteiger partial charge in [-0.05, 0) is 33.6 Å². The lowest BCUT2D eigenvalue weighted by atomic mass is 10.0. The van der Waals surface area contributed by atoms with Crippen molar-refractivity contribution in [2.24, 2.45) is 5.92 Å². The number of carbonyl (C=O) groups is 3. The van der Waals surface area contributed by atoms with Gasteiger partial charge in [0.1, 0.15) is 18.3 Å². The van der Waals surface area contributed by atoms with Gasteiger partial charge >= 0.3 is 17.9 Å². The summed E-state index contributed by atoms with van der Waals surface area (Å²) in [6.45, 7) is 12.0. The molecule has 0 amide bonds. The van der Waals surface area contributed by atoms with Crippen LogP contribution in [-0.4, -0.2) is 47.7 Å². The Balaban J connectivity index is 4.33. The van der Waals surface area contributed by atoms with E-state index in [2.05, 4.69) is 13.8 Å². The molecular weight excluding hydrogens is 645 g/mol. The third-order valence-electron chi connectivity index (χ3n) is 9.18. The van der Waals surface area contributed by atoms with Crippen LogP contribution in [0.2, 0.25) is 0 Å². The van der Waals surface area contributed by atoms with Crippen molar-refractivity contribution >= 4 is 29.7 Å². The molecule has 7 heteroatoms. The molecule has 0 aliphatic rings. The first-order valence-electron chi connectivity index (χ1n) is 21.2. The van der Waals surface area contributed by atoms with Crippen LogP contribution in [0.5, 0.6) is 0 Å². The molecule has 2 unspecified atom stereocenters. The van der Waals surface area contributed by atoms with Gasteiger partial charge in [0.05, 0.1) is 5.92 Å². The Morgan fingerprint density at radius 1 is 0.520 bits per heavy atom. The lowest BCUT2D eigenvalue weighted by Gasteiger charge is -2.22. The van der Waals surface area contributed by atoms with E-state index in [9.17, 15) is 14.4 Å². The predicted molar refractivity (Wildman–Crippen MR) is 214 cm³/mol. The average Bonchev–Trinajstić information content (AvgIpc) is 3.06. The van der Waals surface area contributed by atoms with Crippen LogP contribution >= 0.6 is 11.8 Å². The van der Waals surface area contributed by atoms with Crippen molar-refractivity contribution in [3.63, 3.8) is 0 Å². The fraction of sp³-hybridized carbons (Fsp3) is 0.930. The van der Waals surface area contributed by atoms with Crippen LogP contribution in [0.15, 0.2) is 0 Å². The maximum Gasteiger partial charge on any atom is 0.310 e. The van der Waals surface area contributed by atoms with E-state index in [4.69, 9.17) is 14.2 Å². The second-order valence-electron chi connectivity index (χ2n) is 15.8. The zero-order chi connectivity index (χ0) is 37.1. The number of thioether (sulfide) groups is 1. The fourth-order valence-corrected chi connectivity index (χ4v) is 7.09. The zero-order valence-corrected chi connectivity index (χ0v) is 34.7. The number of rotatable bonds is 36. The lowest BCUT2D eigenvalue weighted by molar-refractivity contribution is -0.158. The smallest absolute Gasteiger partial charge is 0.310 e. The van der Waals surface area contributed by atoms with Crippen molar-refractivity contribution in [3.05, 3.63) is 0 Å². The minimum atomic E-state index is -0.525. The van der Waals surface area contributed by atoms with Crippen LogP contribution in [0.4, 0.5) is 0 Å². The minimum Gasteiger partial charge on any atom is -0.462 e. The highest BCUT2D eigenvalue weighted by atomic mass is 32.2. The van der Waals surface area contributed by atoms with Gasteiger partial charge in [-0.3, -0.25) is 14.4 Å². The lowest BCUT2D eigenvalue weighted by Crippen LogP contribution is -2.30. The highest BCUT2D eigenvalue weighted by Gasteiger charge is 2.23.